The van der Waals surface area contributed by atoms with Crippen LogP contribution in [0.3, 0.4) is 0 Å². The maximum Gasteiger partial charge on any atom is 0.0704 e. The fourth-order valence-corrected chi connectivity index (χ4v) is 2.70. The smallest absolute Gasteiger partial charge is 0.0704 e. The average molecular weight is 267 g/mol. The van der Waals surface area contributed by atoms with Crippen LogP contribution in [0.25, 0.3) is 11.3 Å². The molecule has 0 unspecified atom stereocenters. The van der Waals surface area contributed by atoms with Crippen molar-refractivity contribution in [1.82, 2.24) is 4.98 Å². The number of aromatic nitrogens is 1. The van der Waals surface area contributed by atoms with Crippen molar-refractivity contribution in [3.8, 4) is 11.3 Å². The van der Waals surface area contributed by atoms with Crippen LogP contribution in [0.15, 0.2) is 36.5 Å². The molecule has 2 rings (SSSR count). The first-order valence-electron chi connectivity index (χ1n) is 7.54. The number of hydrogen-bond donors (Lipinski definition) is 0. The first-order chi connectivity index (χ1) is 9.50. The molecule has 0 bridgehead atoms. The molecule has 0 saturated heterocycles. The van der Waals surface area contributed by atoms with Crippen molar-refractivity contribution in [1.29, 1.82) is 0 Å². The maximum absolute atomic E-state index is 4.70. The normalized spacial score (nSPS) is 11.7. The Labute approximate surface area is 123 Å². The second-order valence-corrected chi connectivity index (χ2v) is 6.02. The number of aryl methyl sites for hydroxylation is 2. The van der Waals surface area contributed by atoms with Crippen LogP contribution in [0.4, 0.5) is 0 Å². The Morgan fingerprint density at radius 2 is 1.60 bits per heavy atom. The first kappa shape index (κ1) is 14.8. The van der Waals surface area contributed by atoms with Crippen LogP contribution >= 0.6 is 0 Å². The van der Waals surface area contributed by atoms with Gasteiger partial charge in [-0.25, -0.2) is 0 Å². The number of pyridine rings is 1. The quantitative estimate of drug-likeness (QED) is 0.718. The first-order valence-corrected chi connectivity index (χ1v) is 7.54. The fraction of sp³-hybridized carbons (Fsp3) is 0.421. The van der Waals surface area contributed by atoms with Gasteiger partial charge in [0.2, 0.25) is 0 Å². The zero-order valence-corrected chi connectivity index (χ0v) is 13.3. The molecule has 2 aromatic rings. The molecule has 106 valence electrons. The molecular formula is C19H25N. The molecule has 1 heterocycles. The summed E-state index contributed by atoms with van der Waals surface area (Å²) in [5, 5.41) is 0. The molecule has 1 aromatic carbocycles. The Hall–Kier alpha value is -1.63. The standard InChI is InChI=1S/C19H25N/c1-6-19(5,7-2)17-13-20-18(12-15(17)4)16-10-8-14(3)9-11-16/h8-13H,6-7H2,1-5H3. The van der Waals surface area contributed by atoms with Gasteiger partial charge in [0.05, 0.1) is 5.69 Å². The van der Waals surface area contributed by atoms with Gasteiger partial charge in [-0.2, -0.15) is 0 Å². The third-order valence-corrected chi connectivity index (χ3v) is 4.67. The Kier molecular flexibility index (Phi) is 4.27. The summed E-state index contributed by atoms with van der Waals surface area (Å²) in [7, 11) is 0. The molecule has 0 aliphatic heterocycles. The van der Waals surface area contributed by atoms with Gasteiger partial charge in [-0.15, -0.1) is 0 Å². The van der Waals surface area contributed by atoms with Crippen molar-refractivity contribution in [3.05, 3.63) is 53.2 Å². The van der Waals surface area contributed by atoms with Gasteiger partial charge in [0.15, 0.2) is 0 Å². The molecule has 0 saturated carbocycles. The summed E-state index contributed by atoms with van der Waals surface area (Å²) in [6.45, 7) is 11.2. The van der Waals surface area contributed by atoms with Gasteiger partial charge in [-0.1, -0.05) is 50.6 Å². The molecule has 0 N–H and O–H groups in total. The second-order valence-electron chi connectivity index (χ2n) is 6.02. The fourth-order valence-electron chi connectivity index (χ4n) is 2.70. The number of nitrogens with zero attached hydrogens (tertiary/aromatic N) is 1. The van der Waals surface area contributed by atoms with E-state index >= 15 is 0 Å². The van der Waals surface area contributed by atoms with Crippen molar-refractivity contribution >= 4 is 0 Å². The minimum absolute atomic E-state index is 0.239. The highest BCUT2D eigenvalue weighted by molar-refractivity contribution is 5.60. The average Bonchev–Trinajstić information content (AvgIpc) is 2.47. The SMILES string of the molecule is CCC(C)(CC)c1cnc(-c2ccc(C)cc2)cc1C. The number of benzene rings is 1. The predicted molar refractivity (Wildman–Crippen MR) is 87.1 cm³/mol. The highest BCUT2D eigenvalue weighted by atomic mass is 14.7. The van der Waals surface area contributed by atoms with Gasteiger partial charge in [0.1, 0.15) is 0 Å². The monoisotopic (exact) mass is 267 g/mol. The van der Waals surface area contributed by atoms with E-state index in [-0.39, 0.29) is 5.41 Å². The van der Waals surface area contributed by atoms with E-state index in [1.807, 2.05) is 0 Å². The molecule has 1 heteroatoms. The van der Waals surface area contributed by atoms with E-state index in [1.54, 1.807) is 0 Å². The molecule has 0 aliphatic rings. The lowest BCUT2D eigenvalue weighted by Crippen LogP contribution is -2.21. The molecule has 0 amide bonds. The van der Waals surface area contributed by atoms with E-state index in [0.717, 1.165) is 18.5 Å². The zero-order chi connectivity index (χ0) is 14.8. The van der Waals surface area contributed by atoms with Crippen LogP contribution in [-0.2, 0) is 5.41 Å². The lowest BCUT2D eigenvalue weighted by molar-refractivity contribution is 0.435. The topological polar surface area (TPSA) is 12.9 Å². The maximum atomic E-state index is 4.70. The van der Waals surface area contributed by atoms with Crippen LogP contribution in [-0.4, -0.2) is 4.98 Å². The Bertz CT molecular complexity index is 577. The van der Waals surface area contributed by atoms with Gasteiger partial charge in [0, 0.05) is 11.8 Å². The molecule has 0 radical (unpaired) electrons. The molecular weight excluding hydrogens is 242 g/mol. The highest BCUT2D eigenvalue weighted by Gasteiger charge is 2.24. The summed E-state index contributed by atoms with van der Waals surface area (Å²) in [4.78, 5) is 4.70. The van der Waals surface area contributed by atoms with Crippen molar-refractivity contribution < 1.29 is 0 Å². The van der Waals surface area contributed by atoms with Gasteiger partial charge >= 0.3 is 0 Å². The third-order valence-electron chi connectivity index (χ3n) is 4.67. The van der Waals surface area contributed by atoms with Crippen molar-refractivity contribution in [2.75, 3.05) is 0 Å². The number of rotatable bonds is 4. The van der Waals surface area contributed by atoms with E-state index < -0.39 is 0 Å². The van der Waals surface area contributed by atoms with Gasteiger partial charge in [-0.05, 0) is 49.3 Å². The molecule has 0 atom stereocenters. The third kappa shape index (κ3) is 2.77. The highest BCUT2D eigenvalue weighted by Crippen LogP contribution is 2.34. The van der Waals surface area contributed by atoms with E-state index in [1.165, 1.54) is 22.3 Å². The van der Waals surface area contributed by atoms with Crippen molar-refractivity contribution in [2.45, 2.75) is 52.9 Å². The minimum atomic E-state index is 0.239. The van der Waals surface area contributed by atoms with Crippen LogP contribution in [0, 0.1) is 13.8 Å². The lowest BCUT2D eigenvalue weighted by atomic mass is 9.76. The summed E-state index contributed by atoms with van der Waals surface area (Å²) >= 11 is 0. The van der Waals surface area contributed by atoms with Crippen LogP contribution in [0.2, 0.25) is 0 Å². The largest absolute Gasteiger partial charge is 0.256 e. The molecule has 0 aliphatic carbocycles. The van der Waals surface area contributed by atoms with Crippen molar-refractivity contribution in [2.24, 2.45) is 0 Å². The second kappa shape index (κ2) is 5.78. The predicted octanol–water partition coefficient (Wildman–Crippen LogP) is 5.44. The number of hydrogen-bond acceptors (Lipinski definition) is 1. The van der Waals surface area contributed by atoms with E-state index in [2.05, 4.69) is 71.1 Å². The zero-order valence-electron chi connectivity index (χ0n) is 13.3. The van der Waals surface area contributed by atoms with E-state index in [0.29, 0.717) is 0 Å². The summed E-state index contributed by atoms with van der Waals surface area (Å²) in [5.74, 6) is 0. The summed E-state index contributed by atoms with van der Waals surface area (Å²) in [6.07, 6.45) is 4.38. The molecule has 20 heavy (non-hydrogen) atoms. The Morgan fingerprint density at radius 3 is 2.10 bits per heavy atom. The molecule has 1 nitrogen and oxygen atoms in total. The summed E-state index contributed by atoms with van der Waals surface area (Å²) in [5.41, 5.74) is 6.52. The van der Waals surface area contributed by atoms with Crippen LogP contribution in [0.5, 0.6) is 0 Å². The Balaban J connectivity index is 2.42. The minimum Gasteiger partial charge on any atom is -0.256 e. The summed E-state index contributed by atoms with van der Waals surface area (Å²) in [6, 6.07) is 10.8. The molecule has 1 aromatic heterocycles. The van der Waals surface area contributed by atoms with Gasteiger partial charge in [-0.3, -0.25) is 4.98 Å². The van der Waals surface area contributed by atoms with E-state index in [9.17, 15) is 0 Å². The van der Waals surface area contributed by atoms with Crippen molar-refractivity contribution in [3.63, 3.8) is 0 Å². The summed E-state index contributed by atoms with van der Waals surface area (Å²) < 4.78 is 0. The van der Waals surface area contributed by atoms with Crippen LogP contribution < -0.4 is 0 Å². The Morgan fingerprint density at radius 1 is 1.00 bits per heavy atom. The van der Waals surface area contributed by atoms with Gasteiger partial charge < -0.3 is 0 Å². The van der Waals surface area contributed by atoms with Gasteiger partial charge in [0.25, 0.3) is 0 Å². The van der Waals surface area contributed by atoms with Crippen LogP contribution in [0.1, 0.15) is 50.3 Å². The lowest BCUT2D eigenvalue weighted by Gasteiger charge is -2.29. The molecule has 0 spiro atoms. The van der Waals surface area contributed by atoms with E-state index in [4.69, 9.17) is 4.98 Å². The molecule has 0 fully saturated rings.